The quantitative estimate of drug-likeness (QED) is 0.795. The van der Waals surface area contributed by atoms with Gasteiger partial charge in [0.05, 0.1) is 12.6 Å². The Bertz CT molecular complexity index is 333. The molecule has 0 radical (unpaired) electrons. The van der Waals surface area contributed by atoms with Gasteiger partial charge in [0.1, 0.15) is 0 Å². The van der Waals surface area contributed by atoms with Crippen molar-refractivity contribution >= 4 is 17.2 Å². The van der Waals surface area contributed by atoms with Gasteiger partial charge in [-0.1, -0.05) is 6.07 Å². The van der Waals surface area contributed by atoms with Crippen molar-refractivity contribution in [2.45, 2.75) is 25.8 Å². The van der Waals surface area contributed by atoms with Crippen LogP contribution in [0.1, 0.15) is 30.7 Å². The summed E-state index contributed by atoms with van der Waals surface area (Å²) in [5.41, 5.74) is 0. The summed E-state index contributed by atoms with van der Waals surface area (Å²) < 4.78 is 0. The summed E-state index contributed by atoms with van der Waals surface area (Å²) in [5.74, 6) is 0.907. The summed E-state index contributed by atoms with van der Waals surface area (Å²) in [5, 5.41) is 8.21. The molecule has 1 atom stereocenters. The molecule has 0 unspecified atom stereocenters. The molecule has 0 saturated heterocycles. The minimum absolute atomic E-state index is 0.0848. The monoisotopic (exact) mass is 238 g/mol. The summed E-state index contributed by atoms with van der Waals surface area (Å²) in [6, 6.07) is 4.18. The summed E-state index contributed by atoms with van der Waals surface area (Å²) >= 11 is 1.68. The molecule has 3 nitrogen and oxygen atoms in total. The van der Waals surface area contributed by atoms with E-state index in [1.807, 2.05) is 24.4 Å². The molecular formula is C12H18N2OS. The predicted octanol–water partition coefficient (Wildman–Crippen LogP) is 1.92. The highest BCUT2D eigenvalue weighted by Crippen LogP contribution is 2.27. The Balaban J connectivity index is 1.65. The van der Waals surface area contributed by atoms with E-state index in [1.165, 1.54) is 17.7 Å². The molecule has 1 aromatic heterocycles. The molecule has 1 aliphatic rings. The molecule has 2 rings (SSSR count). The largest absolute Gasteiger partial charge is 0.348 e. The van der Waals surface area contributed by atoms with Gasteiger partial charge in [0.2, 0.25) is 5.91 Å². The van der Waals surface area contributed by atoms with E-state index in [0.717, 1.165) is 12.5 Å². The van der Waals surface area contributed by atoms with E-state index >= 15 is 0 Å². The van der Waals surface area contributed by atoms with Crippen LogP contribution >= 0.6 is 11.3 Å². The number of hydrogen-bond donors (Lipinski definition) is 2. The van der Waals surface area contributed by atoms with Crippen LogP contribution in [0.15, 0.2) is 17.5 Å². The van der Waals surface area contributed by atoms with Gasteiger partial charge in [-0.05, 0) is 43.7 Å². The molecule has 1 heterocycles. The zero-order valence-corrected chi connectivity index (χ0v) is 10.3. The van der Waals surface area contributed by atoms with Gasteiger partial charge in [-0.3, -0.25) is 4.79 Å². The van der Waals surface area contributed by atoms with E-state index in [2.05, 4.69) is 10.6 Å². The molecular weight excluding hydrogens is 220 g/mol. The number of rotatable bonds is 6. The maximum Gasteiger partial charge on any atom is 0.234 e. The van der Waals surface area contributed by atoms with Gasteiger partial charge >= 0.3 is 0 Å². The molecule has 88 valence electrons. The molecule has 1 saturated carbocycles. The molecule has 4 heteroatoms. The molecule has 16 heavy (non-hydrogen) atoms. The average Bonchev–Trinajstić information content (AvgIpc) is 2.91. The summed E-state index contributed by atoms with van der Waals surface area (Å²) in [4.78, 5) is 12.8. The van der Waals surface area contributed by atoms with E-state index in [-0.39, 0.29) is 11.9 Å². The molecule has 2 N–H and O–H groups in total. The minimum atomic E-state index is 0.0848. The molecule has 1 fully saturated rings. The lowest BCUT2D eigenvalue weighted by atomic mass is 10.3. The molecule has 0 aliphatic heterocycles. The topological polar surface area (TPSA) is 41.1 Å². The fourth-order valence-electron chi connectivity index (χ4n) is 1.61. The van der Waals surface area contributed by atoms with Crippen LogP contribution in [0, 0.1) is 5.92 Å². The Labute approximate surface area is 100 Å². The number of carbonyl (C=O) groups is 1. The lowest BCUT2D eigenvalue weighted by molar-refractivity contribution is -0.120. The van der Waals surface area contributed by atoms with Crippen molar-refractivity contribution in [3.05, 3.63) is 22.4 Å². The Kier molecular flexibility index (Phi) is 3.96. The third-order valence-corrected chi connectivity index (χ3v) is 3.82. The maximum absolute atomic E-state index is 11.6. The third-order valence-electron chi connectivity index (χ3n) is 2.76. The molecule has 1 amide bonds. The first kappa shape index (κ1) is 11.6. The second kappa shape index (κ2) is 5.46. The van der Waals surface area contributed by atoms with Crippen LogP contribution in [0.2, 0.25) is 0 Å². The fraction of sp³-hybridized carbons (Fsp3) is 0.583. The molecule has 0 bridgehead atoms. The number of carbonyl (C=O) groups excluding carboxylic acids is 1. The van der Waals surface area contributed by atoms with Crippen LogP contribution < -0.4 is 10.6 Å². The van der Waals surface area contributed by atoms with Gasteiger partial charge in [0, 0.05) is 4.88 Å². The fourth-order valence-corrected chi connectivity index (χ4v) is 2.35. The van der Waals surface area contributed by atoms with Crippen molar-refractivity contribution in [2.75, 3.05) is 13.1 Å². The minimum Gasteiger partial charge on any atom is -0.348 e. The lowest BCUT2D eigenvalue weighted by Crippen LogP contribution is -2.35. The van der Waals surface area contributed by atoms with Crippen molar-refractivity contribution in [1.29, 1.82) is 0 Å². The Morgan fingerprint density at radius 3 is 3.06 bits per heavy atom. The van der Waals surface area contributed by atoms with Crippen molar-refractivity contribution in [2.24, 2.45) is 5.92 Å². The Hall–Kier alpha value is -0.870. The first-order valence-corrected chi connectivity index (χ1v) is 6.67. The highest BCUT2D eigenvalue weighted by molar-refractivity contribution is 7.10. The number of thiophene rings is 1. The van der Waals surface area contributed by atoms with Gasteiger partial charge in [-0.2, -0.15) is 0 Å². The molecule has 0 spiro atoms. The summed E-state index contributed by atoms with van der Waals surface area (Å²) in [6.45, 7) is 3.44. The van der Waals surface area contributed by atoms with Crippen LogP contribution in [0.25, 0.3) is 0 Å². The zero-order chi connectivity index (χ0) is 11.4. The van der Waals surface area contributed by atoms with Gasteiger partial charge in [-0.15, -0.1) is 11.3 Å². The van der Waals surface area contributed by atoms with Gasteiger partial charge in [0.25, 0.3) is 0 Å². The molecule has 0 aromatic carbocycles. The normalized spacial score (nSPS) is 17.1. The maximum atomic E-state index is 11.6. The average molecular weight is 238 g/mol. The van der Waals surface area contributed by atoms with E-state index in [1.54, 1.807) is 11.3 Å². The van der Waals surface area contributed by atoms with Crippen molar-refractivity contribution < 1.29 is 4.79 Å². The highest BCUT2D eigenvalue weighted by Gasteiger charge is 2.20. The van der Waals surface area contributed by atoms with E-state index in [9.17, 15) is 4.79 Å². The van der Waals surface area contributed by atoms with Crippen LogP contribution in [0.5, 0.6) is 0 Å². The molecule has 1 aromatic rings. The lowest BCUT2D eigenvalue weighted by Gasteiger charge is -2.12. The smallest absolute Gasteiger partial charge is 0.234 e. The van der Waals surface area contributed by atoms with Crippen LogP contribution in [0.4, 0.5) is 0 Å². The van der Waals surface area contributed by atoms with E-state index < -0.39 is 0 Å². The highest BCUT2D eigenvalue weighted by atomic mass is 32.1. The van der Waals surface area contributed by atoms with Gasteiger partial charge < -0.3 is 10.6 Å². The van der Waals surface area contributed by atoms with Crippen molar-refractivity contribution in [3.63, 3.8) is 0 Å². The van der Waals surface area contributed by atoms with Crippen LogP contribution in [-0.2, 0) is 4.79 Å². The summed E-state index contributed by atoms with van der Waals surface area (Å²) in [6.07, 6.45) is 2.64. The van der Waals surface area contributed by atoms with E-state index in [0.29, 0.717) is 6.54 Å². The van der Waals surface area contributed by atoms with Crippen LogP contribution in [-0.4, -0.2) is 19.0 Å². The zero-order valence-electron chi connectivity index (χ0n) is 9.53. The SMILES string of the molecule is C[C@@H](NC(=O)CNCC1CC1)c1cccs1. The third kappa shape index (κ3) is 3.61. The Morgan fingerprint density at radius 2 is 2.44 bits per heavy atom. The first-order chi connectivity index (χ1) is 7.75. The number of amides is 1. The molecule has 1 aliphatic carbocycles. The predicted molar refractivity (Wildman–Crippen MR) is 66.5 cm³/mol. The standard InChI is InChI=1S/C12H18N2OS/c1-9(11-3-2-6-16-11)14-12(15)8-13-7-10-4-5-10/h2-3,6,9-10,13H,4-5,7-8H2,1H3,(H,14,15)/t9-/m1/s1. The van der Waals surface area contributed by atoms with Gasteiger partial charge in [0.15, 0.2) is 0 Å². The summed E-state index contributed by atoms with van der Waals surface area (Å²) in [7, 11) is 0. The second-order valence-corrected chi connectivity index (χ2v) is 5.36. The first-order valence-electron chi connectivity index (χ1n) is 5.79. The van der Waals surface area contributed by atoms with Crippen molar-refractivity contribution in [1.82, 2.24) is 10.6 Å². The van der Waals surface area contributed by atoms with Crippen molar-refractivity contribution in [3.8, 4) is 0 Å². The number of nitrogens with one attached hydrogen (secondary N) is 2. The Morgan fingerprint density at radius 1 is 1.62 bits per heavy atom. The van der Waals surface area contributed by atoms with Gasteiger partial charge in [-0.25, -0.2) is 0 Å². The van der Waals surface area contributed by atoms with E-state index in [4.69, 9.17) is 0 Å². The second-order valence-electron chi connectivity index (χ2n) is 4.38. The van der Waals surface area contributed by atoms with Crippen LogP contribution in [0.3, 0.4) is 0 Å². The number of hydrogen-bond acceptors (Lipinski definition) is 3.